The number of hydrogen-bond donors (Lipinski definition) is 0. The van der Waals surface area contributed by atoms with Crippen LogP contribution in [0.4, 0.5) is 0 Å². The molecular weight excluding hydrogens is 552 g/mol. The van der Waals surface area contributed by atoms with E-state index in [9.17, 15) is 0 Å². The van der Waals surface area contributed by atoms with E-state index in [0.717, 1.165) is 44.5 Å². The molecule has 0 spiro atoms. The first-order chi connectivity index (χ1) is 21.5. The standard InChI is InChI=1S/C38H28O6/c1-41-21-13-14-22(42-2)30-26-18-10-6-5-9-17(18)25(29(21)30)33-34(26)38(40)36-28-20-12-8-7-11-19(20)27(35(36)37(33)39)31-23(43-3)15-16-24(44-4)32(28)31/h5-16,25-28H,1-4H3/t25-,26?,27-,28?/m1/s1. The molecule has 0 N–H and O–H groups in total. The van der Waals surface area contributed by atoms with Crippen molar-refractivity contribution in [3.05, 3.63) is 140 Å². The molecule has 0 aromatic heterocycles. The number of Topliss-reactive ketones (excluding diaryl/α,β-unsaturated/α-hetero) is 2. The van der Waals surface area contributed by atoms with Crippen LogP contribution >= 0.6 is 0 Å². The Morgan fingerprint density at radius 3 is 0.818 bits per heavy atom. The summed E-state index contributed by atoms with van der Waals surface area (Å²) in [6.45, 7) is 0. The summed E-state index contributed by atoms with van der Waals surface area (Å²) in [6, 6.07) is 23.9. The highest BCUT2D eigenvalue weighted by Gasteiger charge is 2.58. The van der Waals surface area contributed by atoms with Gasteiger partial charge in [0.25, 0.3) is 0 Å². The van der Waals surface area contributed by atoms with E-state index in [-0.39, 0.29) is 11.6 Å². The maximum atomic E-state index is 15.3. The Balaban J connectivity index is 1.36. The van der Waals surface area contributed by atoms with Gasteiger partial charge in [0.05, 0.1) is 28.4 Å². The van der Waals surface area contributed by atoms with Gasteiger partial charge in [-0.05, 0) is 46.5 Å². The van der Waals surface area contributed by atoms with Crippen LogP contribution in [0.3, 0.4) is 0 Å². The number of carbonyl (C=O) groups is 2. The maximum absolute atomic E-state index is 15.3. The van der Waals surface area contributed by atoms with Crippen molar-refractivity contribution in [2.75, 3.05) is 28.4 Å². The molecule has 6 nitrogen and oxygen atoms in total. The van der Waals surface area contributed by atoms with Crippen LogP contribution in [0.1, 0.15) is 68.2 Å². The van der Waals surface area contributed by atoms with Crippen molar-refractivity contribution in [3.8, 4) is 23.0 Å². The third kappa shape index (κ3) is 2.78. The van der Waals surface area contributed by atoms with E-state index in [4.69, 9.17) is 18.9 Å². The molecule has 4 aromatic rings. The van der Waals surface area contributed by atoms with Gasteiger partial charge in [0.2, 0.25) is 0 Å². The van der Waals surface area contributed by atoms with Crippen LogP contribution in [0.15, 0.2) is 95.1 Å². The monoisotopic (exact) mass is 580 g/mol. The summed E-state index contributed by atoms with van der Waals surface area (Å²) < 4.78 is 23.6. The first-order valence-electron chi connectivity index (χ1n) is 14.8. The lowest BCUT2D eigenvalue weighted by Crippen LogP contribution is -2.44. The number of methoxy groups -OCH3 is 4. The van der Waals surface area contributed by atoms with Gasteiger partial charge in [-0.1, -0.05) is 48.5 Å². The Kier molecular flexibility index (Phi) is 5.04. The maximum Gasteiger partial charge on any atom is 0.187 e. The molecular formula is C38H28O6. The van der Waals surface area contributed by atoms with Gasteiger partial charge in [0, 0.05) is 68.2 Å². The van der Waals surface area contributed by atoms with Gasteiger partial charge in [-0.15, -0.1) is 0 Å². The highest BCUT2D eigenvalue weighted by molar-refractivity contribution is 6.30. The Morgan fingerprint density at radius 2 is 0.614 bits per heavy atom. The molecule has 7 aliphatic rings. The molecule has 4 aromatic carbocycles. The van der Waals surface area contributed by atoms with E-state index < -0.39 is 23.7 Å². The van der Waals surface area contributed by atoms with Gasteiger partial charge < -0.3 is 18.9 Å². The van der Waals surface area contributed by atoms with Crippen LogP contribution in [0.25, 0.3) is 0 Å². The minimum atomic E-state index is -0.459. The summed E-state index contributed by atoms with van der Waals surface area (Å²) in [7, 11) is 6.59. The minimum absolute atomic E-state index is 0.0744. The second kappa shape index (κ2) is 8.73. The Morgan fingerprint density at radius 1 is 0.386 bits per heavy atom. The molecule has 2 unspecified atom stereocenters. The molecule has 0 saturated heterocycles. The molecule has 0 aliphatic heterocycles. The van der Waals surface area contributed by atoms with Crippen LogP contribution in [0.5, 0.6) is 23.0 Å². The third-order valence-electron chi connectivity index (χ3n) is 10.4. The van der Waals surface area contributed by atoms with Crippen molar-refractivity contribution in [2.45, 2.75) is 23.7 Å². The quantitative estimate of drug-likeness (QED) is 0.262. The molecule has 11 rings (SSSR count). The normalized spacial score (nSPS) is 22.9. The van der Waals surface area contributed by atoms with E-state index in [0.29, 0.717) is 45.3 Å². The lowest BCUT2D eigenvalue weighted by atomic mass is 9.51. The molecule has 0 amide bonds. The summed E-state index contributed by atoms with van der Waals surface area (Å²) in [4.78, 5) is 30.5. The van der Waals surface area contributed by atoms with Crippen molar-refractivity contribution >= 4 is 11.6 Å². The number of ketones is 2. The zero-order valence-electron chi connectivity index (χ0n) is 24.7. The zero-order chi connectivity index (χ0) is 30.0. The van der Waals surface area contributed by atoms with Gasteiger partial charge >= 0.3 is 0 Å². The number of allylic oxidation sites excluding steroid dienone is 4. The largest absolute Gasteiger partial charge is 0.496 e. The van der Waals surface area contributed by atoms with E-state index >= 15 is 9.59 Å². The lowest BCUT2D eigenvalue weighted by Gasteiger charge is -2.50. The summed E-state index contributed by atoms with van der Waals surface area (Å²) in [5, 5.41) is 0. The lowest BCUT2D eigenvalue weighted by molar-refractivity contribution is -0.117. The van der Waals surface area contributed by atoms with E-state index in [2.05, 4.69) is 24.3 Å². The smallest absolute Gasteiger partial charge is 0.187 e. The zero-order valence-corrected chi connectivity index (χ0v) is 24.7. The van der Waals surface area contributed by atoms with Crippen LogP contribution in [-0.4, -0.2) is 40.0 Å². The predicted molar refractivity (Wildman–Crippen MR) is 163 cm³/mol. The molecule has 7 aliphatic carbocycles. The van der Waals surface area contributed by atoms with Gasteiger partial charge in [-0.25, -0.2) is 0 Å². The van der Waals surface area contributed by atoms with Gasteiger partial charge in [0.1, 0.15) is 23.0 Å². The number of benzene rings is 4. The van der Waals surface area contributed by atoms with Crippen molar-refractivity contribution in [3.63, 3.8) is 0 Å². The first-order valence-corrected chi connectivity index (χ1v) is 14.8. The highest BCUT2D eigenvalue weighted by Crippen LogP contribution is 2.67. The fraction of sp³-hybridized carbons (Fsp3) is 0.211. The average molecular weight is 581 g/mol. The van der Waals surface area contributed by atoms with Gasteiger partial charge in [-0.2, -0.15) is 0 Å². The van der Waals surface area contributed by atoms with Crippen LogP contribution in [0.2, 0.25) is 0 Å². The Labute approximate surface area is 254 Å². The fourth-order valence-corrected chi connectivity index (χ4v) is 8.92. The number of ether oxygens (including phenoxy) is 4. The van der Waals surface area contributed by atoms with Gasteiger partial charge in [0.15, 0.2) is 11.6 Å². The molecule has 0 radical (unpaired) electrons. The third-order valence-corrected chi connectivity index (χ3v) is 10.4. The molecule has 44 heavy (non-hydrogen) atoms. The molecule has 4 atom stereocenters. The van der Waals surface area contributed by atoms with Crippen LogP contribution < -0.4 is 18.9 Å². The second-order valence-corrected chi connectivity index (χ2v) is 11.9. The molecule has 4 bridgehead atoms. The topological polar surface area (TPSA) is 71.1 Å². The number of hydrogen-bond acceptors (Lipinski definition) is 6. The minimum Gasteiger partial charge on any atom is -0.496 e. The average Bonchev–Trinajstić information content (AvgIpc) is 3.08. The van der Waals surface area contributed by atoms with E-state index in [1.165, 1.54) is 0 Å². The highest BCUT2D eigenvalue weighted by atomic mass is 16.5. The Bertz CT molecular complexity index is 1790. The number of rotatable bonds is 4. The van der Waals surface area contributed by atoms with Crippen molar-refractivity contribution in [2.24, 2.45) is 0 Å². The molecule has 216 valence electrons. The molecule has 0 heterocycles. The van der Waals surface area contributed by atoms with Crippen molar-refractivity contribution < 1.29 is 28.5 Å². The van der Waals surface area contributed by atoms with Crippen LogP contribution in [-0.2, 0) is 9.59 Å². The molecule has 0 fully saturated rings. The fourth-order valence-electron chi connectivity index (χ4n) is 8.92. The van der Waals surface area contributed by atoms with E-state index in [1.807, 2.05) is 48.5 Å². The summed E-state index contributed by atoms with van der Waals surface area (Å²) >= 11 is 0. The summed E-state index contributed by atoms with van der Waals surface area (Å²) in [5.41, 5.74) is 9.97. The van der Waals surface area contributed by atoms with E-state index in [1.54, 1.807) is 28.4 Å². The molecule has 6 heteroatoms. The van der Waals surface area contributed by atoms with Crippen molar-refractivity contribution in [1.82, 2.24) is 0 Å². The summed E-state index contributed by atoms with van der Waals surface area (Å²) in [6.07, 6.45) is 0. The SMILES string of the molecule is COc1ccc(OC)c2c1C1C3=C(C(=O)C4=C(C3=O)C3c5ccccc5[C@@H]4c4c(OC)ccc(OC)c43)[C@@H]2c2ccccc21. The van der Waals surface area contributed by atoms with Gasteiger partial charge in [-0.3, -0.25) is 9.59 Å². The second-order valence-electron chi connectivity index (χ2n) is 11.9. The first kappa shape index (κ1) is 25.4. The number of carbonyl (C=O) groups excluding carboxylic acids is 2. The van der Waals surface area contributed by atoms with Crippen molar-refractivity contribution in [1.29, 1.82) is 0 Å². The Hall–Kier alpha value is -5.10. The predicted octanol–water partition coefficient (Wildman–Crippen LogP) is 6.35. The molecule has 0 saturated carbocycles. The van der Waals surface area contributed by atoms with Crippen LogP contribution in [0, 0.1) is 0 Å². The summed E-state index contributed by atoms with van der Waals surface area (Å²) in [5.74, 6) is 0.752.